The van der Waals surface area contributed by atoms with E-state index in [9.17, 15) is 19.2 Å². The van der Waals surface area contributed by atoms with Crippen LogP contribution in [0.4, 0.5) is 11.6 Å². The lowest BCUT2D eigenvalue weighted by Crippen LogP contribution is -3.00. The lowest BCUT2D eigenvalue weighted by molar-refractivity contribution is -0.154. The van der Waals surface area contributed by atoms with Gasteiger partial charge in [0, 0.05) is 42.7 Å². The lowest BCUT2D eigenvalue weighted by Gasteiger charge is -2.46. The van der Waals surface area contributed by atoms with Gasteiger partial charge in [0.05, 0.1) is 74.0 Å². The van der Waals surface area contributed by atoms with Crippen LogP contribution in [-0.4, -0.2) is 141 Å². The number of rotatable bonds is 11. The number of amidine groups is 1. The third-order valence-electron chi connectivity index (χ3n) is 17.9. The van der Waals surface area contributed by atoms with Crippen molar-refractivity contribution in [2.75, 3.05) is 70.6 Å². The molecule has 1 aromatic heterocycles. The minimum atomic E-state index is -0.833. The molecule has 3 spiro atoms. The van der Waals surface area contributed by atoms with Crippen LogP contribution >= 0.6 is 35.3 Å². The minimum absolute atomic E-state index is 0. The van der Waals surface area contributed by atoms with Crippen molar-refractivity contribution in [3.63, 3.8) is 0 Å². The number of ketones is 2. The monoisotopic (exact) mass is 1440 g/mol. The fourth-order valence-electron chi connectivity index (χ4n) is 14.6. The van der Waals surface area contributed by atoms with E-state index in [1.54, 1.807) is 49.1 Å². The van der Waals surface area contributed by atoms with E-state index < -0.39 is 17.2 Å². The van der Waals surface area contributed by atoms with E-state index in [4.69, 9.17) is 60.0 Å². The highest BCUT2D eigenvalue weighted by Gasteiger charge is 2.48. The summed E-state index contributed by atoms with van der Waals surface area (Å²) >= 11 is 5.00. The van der Waals surface area contributed by atoms with Gasteiger partial charge in [0.2, 0.25) is 0 Å². The predicted molar refractivity (Wildman–Crippen MR) is 397 cm³/mol. The highest BCUT2D eigenvalue weighted by atomic mass is 35.5. The second-order valence-corrected chi connectivity index (χ2v) is 35.1. The van der Waals surface area contributed by atoms with Crippen molar-refractivity contribution in [2.45, 2.75) is 215 Å². The Kier molecular flexibility index (Phi) is 27.6. The van der Waals surface area contributed by atoms with E-state index >= 15 is 0 Å². The summed E-state index contributed by atoms with van der Waals surface area (Å²) in [7, 11) is 5.12. The Bertz CT molecular complexity index is 3650. The Balaban J connectivity index is 0.000000206. The number of hydrogen-bond acceptors (Lipinski definition) is 21. The Labute approximate surface area is 606 Å². The third-order valence-corrected chi connectivity index (χ3v) is 20.6. The van der Waals surface area contributed by atoms with Crippen molar-refractivity contribution in [1.82, 2.24) is 19.4 Å². The van der Waals surface area contributed by atoms with Gasteiger partial charge in [-0.1, -0.05) is 95.8 Å². The van der Waals surface area contributed by atoms with E-state index in [-0.39, 0.29) is 93.6 Å². The van der Waals surface area contributed by atoms with Gasteiger partial charge in [-0.15, -0.1) is 38.5 Å². The number of aromatic nitrogens is 3. The van der Waals surface area contributed by atoms with Gasteiger partial charge in [0.25, 0.3) is 5.97 Å². The van der Waals surface area contributed by atoms with Crippen LogP contribution in [0.3, 0.4) is 0 Å². The predicted octanol–water partition coefficient (Wildman–Crippen LogP) is 10.3. The van der Waals surface area contributed by atoms with E-state index in [0.717, 1.165) is 122 Å². The number of likely N-dealkylation sites (N-methyl/N-ethyl adjacent to an activating group) is 1. The molecule has 99 heavy (non-hydrogen) atoms. The van der Waals surface area contributed by atoms with Crippen molar-refractivity contribution in [1.29, 1.82) is 0 Å². The summed E-state index contributed by atoms with van der Waals surface area (Å²) in [5, 5.41) is 9.87. The molecule has 4 aliphatic heterocycles. The zero-order chi connectivity index (χ0) is 72.5. The Morgan fingerprint density at radius 3 is 1.28 bits per heavy atom. The van der Waals surface area contributed by atoms with Gasteiger partial charge in [0.15, 0.2) is 5.17 Å². The molecule has 3 atom stereocenters. The number of esters is 2. The summed E-state index contributed by atoms with van der Waals surface area (Å²) in [6.45, 7) is 32.6. The van der Waals surface area contributed by atoms with Crippen LogP contribution in [0.25, 0.3) is 0 Å². The van der Waals surface area contributed by atoms with Crippen LogP contribution in [0.5, 0.6) is 12.0 Å². The number of fused-ring (bicyclic) bond motifs is 6. The molecular weight excluding hydrogens is 1330 g/mol. The first-order valence-electron chi connectivity index (χ1n) is 34.0. The molecule has 5 heterocycles. The largest absolute Gasteiger partial charge is 1.00 e. The fraction of sp³-hybridized carbons (Fsp3) is 0.613. The Hall–Kier alpha value is -6.11. The van der Waals surface area contributed by atoms with Gasteiger partial charge in [-0.05, 0) is 186 Å². The van der Waals surface area contributed by atoms with Crippen molar-refractivity contribution < 1.29 is 65.2 Å². The molecule has 0 saturated carbocycles. The van der Waals surface area contributed by atoms with Crippen molar-refractivity contribution in [3.8, 4) is 12.0 Å². The van der Waals surface area contributed by atoms with Crippen LogP contribution in [0.1, 0.15) is 200 Å². The second kappa shape index (κ2) is 33.3. The standard InChI is InChI=1S/C24H33NO3S.C21H30N2O2S.C18H24N2OS.C10H17N4O3.C2H4O2.ClH/c1-16(26)11-17-7-8-18-14-23(5,6)15-24(19(18)12-17)9-10-29-20(25-24)13-21(27)28-22(2,3)4;1-19(2,3)25-18(24)11-17-23-21(8-9-26-17)13-20(4,5)12-14-6-7-15(22)10-16(14)21;1-12(21)8-13-4-5-14-10-17(2,3)11-18(15(14)9-13)6-7-22-16(19)20-18;1-14(4-6-17-7-5-14)8-11-9(15-2)13-10(12-8)16-3;1-2(3)4;/h7-8,12H,9-11,13-15H2,1-6H3;6-7,10H,8-9,11-13,22H2,1-5H3;4-5,9H,6-8,10-11H2,1-3H3,(H2,19,20);4-7H2,1-3H3;1H3,(H,3,4);1H/q;;;+1;;/p-1. The van der Waals surface area contributed by atoms with Gasteiger partial charge in [-0.3, -0.25) is 43.4 Å². The molecule has 0 bridgehead atoms. The van der Waals surface area contributed by atoms with Gasteiger partial charge >= 0.3 is 29.9 Å². The van der Waals surface area contributed by atoms with Gasteiger partial charge in [-0.2, -0.15) is 0 Å². The topological polar surface area (TPSA) is 280 Å². The maximum atomic E-state index is 12.4. The average molecular weight is 1440 g/mol. The number of morpholine rings is 1. The highest BCUT2D eigenvalue weighted by molar-refractivity contribution is 8.14. The quantitative estimate of drug-likeness (QED) is 0.0715. The molecule has 24 heteroatoms. The number of anilines is 1. The molecular formula is C75H108ClN9O11S3. The number of carbonyl (C=O) groups excluding carboxylic acids is 4. The van der Waals surface area contributed by atoms with E-state index in [1.165, 1.54) is 47.6 Å². The van der Waals surface area contributed by atoms with E-state index in [2.05, 4.69) is 112 Å². The molecule has 1 fully saturated rings. The van der Waals surface area contributed by atoms with Crippen LogP contribution in [0.2, 0.25) is 0 Å². The summed E-state index contributed by atoms with van der Waals surface area (Å²) in [5.41, 5.74) is 21.7. The number of aliphatic imine (C=N–C) groups is 3. The molecule has 11 rings (SSSR count). The van der Waals surface area contributed by atoms with Crippen molar-refractivity contribution in [2.24, 2.45) is 37.0 Å². The summed E-state index contributed by atoms with van der Waals surface area (Å²) in [6, 6.07) is 19.7. The average Bonchev–Trinajstić information content (AvgIpc) is 0.755. The molecule has 3 aliphatic carbocycles. The molecule has 0 radical (unpaired) electrons. The fourth-order valence-corrected chi connectivity index (χ4v) is 17.8. The molecule has 0 amide bonds. The number of carboxylic acids is 1. The SMILES string of the molecule is CC(=O)Cc1ccc2c(c1)C1(CCSC(CC(=O)OC(C)(C)C)=N1)CC(C)(C)C2.CC(=O)Cc1ccc2c(c1)C1(CCSC(N)=N1)CC(C)(C)C2.CC(=O)O.CC1(C)Cc2ccc(N)cc2C2(CCSC(CC(=O)OC(C)(C)C)=N2)C1.COc1nc(OC)nc([N+]2(C)CCOCC2)n1.[Cl-]. The molecule has 1 saturated heterocycles. The van der Waals surface area contributed by atoms with Crippen LogP contribution in [-0.2, 0) is 86.9 Å². The first kappa shape index (κ1) is 81.9. The van der Waals surface area contributed by atoms with Crippen LogP contribution < -0.4 is 37.8 Å². The zero-order valence-corrected chi connectivity index (χ0v) is 65.0. The molecule has 544 valence electrons. The highest BCUT2D eigenvalue weighted by Crippen LogP contribution is 2.54. The molecule has 3 unspecified atom stereocenters. The van der Waals surface area contributed by atoms with Gasteiger partial charge in [0.1, 0.15) is 35.9 Å². The first-order valence-corrected chi connectivity index (χ1v) is 37.0. The molecule has 7 aliphatic rings. The number of carboxylic acid groups (broad SMARTS) is 1. The number of nitrogen functional groups attached to an aromatic ring is 1. The number of ether oxygens (including phenoxy) is 5. The summed E-state index contributed by atoms with van der Waals surface area (Å²) in [5.74, 6) is 2.68. The Morgan fingerprint density at radius 1 is 0.556 bits per heavy atom. The smallest absolute Gasteiger partial charge is 0.338 e. The van der Waals surface area contributed by atoms with Crippen molar-refractivity contribution in [3.05, 3.63) is 99.1 Å². The number of quaternary nitrogens is 1. The lowest BCUT2D eigenvalue weighted by atomic mass is 9.64. The van der Waals surface area contributed by atoms with E-state index in [1.807, 2.05) is 47.6 Å². The van der Waals surface area contributed by atoms with Crippen LogP contribution in [0, 0.1) is 16.2 Å². The summed E-state index contributed by atoms with van der Waals surface area (Å²) in [4.78, 5) is 84.6. The van der Waals surface area contributed by atoms with Gasteiger partial charge in [-0.25, -0.2) is 0 Å². The third kappa shape index (κ3) is 23.5. The maximum absolute atomic E-state index is 12.4. The number of benzene rings is 3. The number of halogens is 1. The molecule has 3 aromatic carbocycles. The number of nitrogens with two attached hydrogens (primary N) is 2. The number of aliphatic carboxylic acids is 1. The number of nitrogens with zero attached hydrogens (tertiary/aromatic N) is 7. The molecule has 5 N–H and O–H groups in total. The number of hydrogen-bond donors (Lipinski definition) is 3. The number of thioether (sulfide) groups is 3. The normalized spacial score (nSPS) is 22.7. The van der Waals surface area contributed by atoms with Crippen LogP contribution in [0.15, 0.2) is 69.6 Å². The minimum Gasteiger partial charge on any atom is -1.00 e. The maximum Gasteiger partial charge on any atom is 0.338 e. The zero-order valence-electron chi connectivity index (χ0n) is 61.8. The number of Topliss-reactive ketones (excluding diaryl/α,β-unsaturated/α-hetero) is 2. The first-order chi connectivity index (χ1) is 45.6. The van der Waals surface area contributed by atoms with E-state index in [0.29, 0.717) is 41.7 Å². The summed E-state index contributed by atoms with van der Waals surface area (Å²) < 4.78 is 27.1. The molecule has 20 nitrogen and oxygen atoms in total. The number of carbonyl (C=O) groups is 5. The van der Waals surface area contributed by atoms with Gasteiger partial charge < -0.3 is 52.7 Å². The summed E-state index contributed by atoms with van der Waals surface area (Å²) in [6.07, 6.45) is 10.5. The second-order valence-electron chi connectivity index (χ2n) is 31.7. The molecule has 4 aromatic rings. The number of methoxy groups -OCH3 is 2. The van der Waals surface area contributed by atoms with Crippen molar-refractivity contribution >= 4 is 91.7 Å². The Morgan fingerprint density at radius 2 is 0.919 bits per heavy atom.